The van der Waals surface area contributed by atoms with Crippen LogP contribution in [-0.2, 0) is 0 Å². The molecule has 0 aliphatic rings. The maximum atomic E-state index is 5.71. The standard InChI is InChI=1S/C9H17N3OS/c1-5-13-7-8(10)11-14-9(7)12(4)6(2)3/h6H,5H2,1-4H3,(H2,10,11). The van der Waals surface area contributed by atoms with Gasteiger partial charge in [-0.25, -0.2) is 0 Å². The van der Waals surface area contributed by atoms with Crippen LogP contribution in [0.25, 0.3) is 0 Å². The number of nitrogens with two attached hydrogens (primary N) is 1. The van der Waals surface area contributed by atoms with Crippen LogP contribution in [0.5, 0.6) is 5.75 Å². The summed E-state index contributed by atoms with van der Waals surface area (Å²) in [6.45, 7) is 6.79. The third-order valence-corrected chi connectivity index (χ3v) is 2.98. The Morgan fingerprint density at radius 3 is 2.71 bits per heavy atom. The van der Waals surface area contributed by atoms with Crippen molar-refractivity contribution in [3.8, 4) is 5.75 Å². The number of rotatable bonds is 4. The minimum Gasteiger partial charge on any atom is -0.487 e. The van der Waals surface area contributed by atoms with Gasteiger partial charge in [-0.2, -0.15) is 4.37 Å². The summed E-state index contributed by atoms with van der Waals surface area (Å²) in [5, 5.41) is 0.999. The van der Waals surface area contributed by atoms with Gasteiger partial charge in [-0.1, -0.05) is 0 Å². The second-order valence-electron chi connectivity index (χ2n) is 3.34. The summed E-state index contributed by atoms with van der Waals surface area (Å²) in [5.41, 5.74) is 5.71. The number of aromatic nitrogens is 1. The van der Waals surface area contributed by atoms with Crippen molar-refractivity contribution >= 4 is 22.4 Å². The first-order valence-corrected chi connectivity index (χ1v) is 5.46. The second kappa shape index (κ2) is 4.50. The molecule has 0 aliphatic carbocycles. The Morgan fingerprint density at radius 1 is 1.57 bits per heavy atom. The van der Waals surface area contributed by atoms with E-state index in [9.17, 15) is 0 Å². The molecule has 0 atom stereocenters. The highest BCUT2D eigenvalue weighted by Gasteiger charge is 2.17. The van der Waals surface area contributed by atoms with E-state index in [0.717, 1.165) is 5.00 Å². The molecule has 0 aromatic carbocycles. The summed E-state index contributed by atoms with van der Waals surface area (Å²) in [7, 11) is 2.01. The van der Waals surface area contributed by atoms with Crippen LogP contribution in [0.1, 0.15) is 20.8 Å². The topological polar surface area (TPSA) is 51.4 Å². The van der Waals surface area contributed by atoms with E-state index in [2.05, 4.69) is 23.1 Å². The van der Waals surface area contributed by atoms with E-state index in [4.69, 9.17) is 10.5 Å². The van der Waals surface area contributed by atoms with Gasteiger partial charge in [0.2, 0.25) is 0 Å². The first-order chi connectivity index (χ1) is 6.57. The van der Waals surface area contributed by atoms with Gasteiger partial charge in [0.25, 0.3) is 0 Å². The zero-order chi connectivity index (χ0) is 10.7. The van der Waals surface area contributed by atoms with Crippen molar-refractivity contribution in [1.82, 2.24) is 4.37 Å². The van der Waals surface area contributed by atoms with Gasteiger partial charge in [-0.05, 0) is 32.3 Å². The van der Waals surface area contributed by atoms with E-state index >= 15 is 0 Å². The number of ether oxygens (including phenoxy) is 1. The summed E-state index contributed by atoms with van der Waals surface area (Å²) >= 11 is 1.38. The van der Waals surface area contributed by atoms with Crippen LogP contribution in [0.3, 0.4) is 0 Å². The molecule has 5 heteroatoms. The van der Waals surface area contributed by atoms with Crippen LogP contribution >= 0.6 is 11.5 Å². The van der Waals surface area contributed by atoms with Crippen LogP contribution in [-0.4, -0.2) is 24.1 Å². The molecule has 0 aliphatic heterocycles. The lowest BCUT2D eigenvalue weighted by Gasteiger charge is -2.22. The number of hydrogen-bond acceptors (Lipinski definition) is 5. The van der Waals surface area contributed by atoms with Gasteiger partial charge >= 0.3 is 0 Å². The fourth-order valence-electron chi connectivity index (χ4n) is 1.02. The first kappa shape index (κ1) is 11.1. The molecule has 0 spiro atoms. The largest absolute Gasteiger partial charge is 0.487 e. The molecule has 0 unspecified atom stereocenters. The molecule has 0 bridgehead atoms. The molecule has 0 amide bonds. The quantitative estimate of drug-likeness (QED) is 0.834. The lowest BCUT2D eigenvalue weighted by Crippen LogP contribution is -2.25. The minimum atomic E-state index is 0.411. The molecule has 1 heterocycles. The fourth-order valence-corrected chi connectivity index (χ4v) is 1.88. The molecule has 2 N–H and O–H groups in total. The van der Waals surface area contributed by atoms with Gasteiger partial charge in [0.1, 0.15) is 0 Å². The Hall–Kier alpha value is -0.970. The Kier molecular flexibility index (Phi) is 3.57. The van der Waals surface area contributed by atoms with E-state index < -0.39 is 0 Å². The molecule has 80 valence electrons. The Balaban J connectivity index is 2.96. The van der Waals surface area contributed by atoms with Gasteiger partial charge in [-0.15, -0.1) is 0 Å². The SMILES string of the molecule is CCOc1c(N)nsc1N(C)C(C)C. The van der Waals surface area contributed by atoms with E-state index in [1.807, 2.05) is 14.0 Å². The average Bonchev–Trinajstić information content (AvgIpc) is 2.48. The van der Waals surface area contributed by atoms with Crippen molar-refractivity contribution in [3.05, 3.63) is 0 Å². The summed E-state index contributed by atoms with van der Waals surface area (Å²) in [6.07, 6.45) is 0. The Bertz CT molecular complexity index is 298. The molecule has 0 saturated carbocycles. The molecule has 1 aromatic heterocycles. The van der Waals surface area contributed by atoms with Gasteiger partial charge in [0, 0.05) is 13.1 Å². The second-order valence-corrected chi connectivity index (χ2v) is 4.09. The molecule has 0 saturated heterocycles. The summed E-state index contributed by atoms with van der Waals surface area (Å²) < 4.78 is 9.55. The molecule has 1 aromatic rings. The summed E-state index contributed by atoms with van der Waals surface area (Å²) in [6, 6.07) is 0.411. The van der Waals surface area contributed by atoms with Crippen molar-refractivity contribution in [3.63, 3.8) is 0 Å². The molecule has 14 heavy (non-hydrogen) atoms. The molecular formula is C9H17N3OS. The lowest BCUT2D eigenvalue weighted by atomic mass is 10.3. The van der Waals surface area contributed by atoms with Crippen molar-refractivity contribution < 1.29 is 4.74 Å². The lowest BCUT2D eigenvalue weighted by molar-refractivity contribution is 0.343. The number of anilines is 2. The van der Waals surface area contributed by atoms with Crippen molar-refractivity contribution in [2.75, 3.05) is 24.3 Å². The fraction of sp³-hybridized carbons (Fsp3) is 0.667. The summed E-state index contributed by atoms with van der Waals surface area (Å²) in [4.78, 5) is 2.11. The van der Waals surface area contributed by atoms with Crippen molar-refractivity contribution in [1.29, 1.82) is 0 Å². The van der Waals surface area contributed by atoms with Gasteiger partial charge in [0.05, 0.1) is 6.61 Å². The van der Waals surface area contributed by atoms with E-state index in [1.165, 1.54) is 11.5 Å². The molecule has 4 nitrogen and oxygen atoms in total. The first-order valence-electron chi connectivity index (χ1n) is 4.68. The van der Waals surface area contributed by atoms with E-state index in [0.29, 0.717) is 24.2 Å². The van der Waals surface area contributed by atoms with Gasteiger partial charge < -0.3 is 15.4 Å². The predicted octanol–water partition coefficient (Wildman–Crippen LogP) is 1.97. The highest BCUT2D eigenvalue weighted by atomic mass is 32.1. The van der Waals surface area contributed by atoms with Gasteiger partial charge in [0.15, 0.2) is 16.6 Å². The van der Waals surface area contributed by atoms with Crippen LogP contribution in [0.2, 0.25) is 0 Å². The van der Waals surface area contributed by atoms with Crippen LogP contribution in [0, 0.1) is 0 Å². The molecule has 0 radical (unpaired) electrons. The van der Waals surface area contributed by atoms with E-state index in [-0.39, 0.29) is 0 Å². The third-order valence-electron chi connectivity index (χ3n) is 2.04. The highest BCUT2D eigenvalue weighted by molar-refractivity contribution is 7.11. The smallest absolute Gasteiger partial charge is 0.197 e. The zero-order valence-electron chi connectivity index (χ0n) is 9.07. The van der Waals surface area contributed by atoms with Crippen LogP contribution in [0.15, 0.2) is 0 Å². The Morgan fingerprint density at radius 2 is 2.21 bits per heavy atom. The molecular weight excluding hydrogens is 198 g/mol. The highest BCUT2D eigenvalue weighted by Crippen LogP contribution is 2.38. The average molecular weight is 215 g/mol. The van der Waals surface area contributed by atoms with Crippen LogP contribution in [0.4, 0.5) is 10.8 Å². The Labute approximate surface area is 88.8 Å². The predicted molar refractivity (Wildman–Crippen MR) is 61.2 cm³/mol. The molecule has 1 rings (SSSR count). The number of nitrogens with zero attached hydrogens (tertiary/aromatic N) is 2. The van der Waals surface area contributed by atoms with E-state index in [1.54, 1.807) is 0 Å². The molecule has 0 fully saturated rings. The van der Waals surface area contributed by atoms with Crippen LogP contribution < -0.4 is 15.4 Å². The van der Waals surface area contributed by atoms with Crippen molar-refractivity contribution in [2.24, 2.45) is 0 Å². The maximum Gasteiger partial charge on any atom is 0.197 e. The normalized spacial score (nSPS) is 10.6. The summed E-state index contributed by atoms with van der Waals surface area (Å²) in [5.74, 6) is 1.20. The third kappa shape index (κ3) is 2.09. The monoisotopic (exact) mass is 215 g/mol. The number of nitrogen functional groups attached to an aromatic ring is 1. The number of hydrogen-bond donors (Lipinski definition) is 1. The minimum absolute atomic E-state index is 0.411. The maximum absolute atomic E-state index is 5.71. The van der Waals surface area contributed by atoms with Crippen molar-refractivity contribution in [2.45, 2.75) is 26.8 Å². The van der Waals surface area contributed by atoms with Gasteiger partial charge in [-0.3, -0.25) is 0 Å². The zero-order valence-corrected chi connectivity index (χ0v) is 9.89.